The standard InChI is InChI=1S/C31H37NO10/c1-14-28(37-4)18(32)11-21(41-14)42-20-13-31(40-7,15(2)33)12-17-23(20)30(39-6)25-24(29(17)38-5)26(34)16-9-8-10-19(36-3)22(16)27(25)35/h8-10,14,18,20-21,28H,11-13,32H2,1-7H3/t14-,18+,20+,21?,28-,31-/m0/s1. The number of ether oxygens (including phenoxy) is 7. The van der Waals surface area contributed by atoms with E-state index in [1.54, 1.807) is 25.3 Å². The van der Waals surface area contributed by atoms with Gasteiger partial charge in [0.15, 0.2) is 17.9 Å². The Labute approximate surface area is 244 Å². The fraction of sp³-hybridized carbons (Fsp3) is 0.516. The lowest BCUT2D eigenvalue weighted by Gasteiger charge is -2.44. The molecular formula is C31H37NO10. The Bertz CT molecular complexity index is 1430. The molecule has 1 unspecified atom stereocenters. The van der Waals surface area contributed by atoms with E-state index in [-0.39, 0.29) is 76.4 Å². The van der Waals surface area contributed by atoms with Crippen molar-refractivity contribution in [3.63, 3.8) is 0 Å². The molecule has 0 aromatic heterocycles. The minimum Gasteiger partial charge on any atom is -0.496 e. The van der Waals surface area contributed by atoms with E-state index < -0.39 is 29.6 Å². The van der Waals surface area contributed by atoms with Gasteiger partial charge in [0.25, 0.3) is 0 Å². The van der Waals surface area contributed by atoms with Crippen LogP contribution in [0.15, 0.2) is 18.2 Å². The summed E-state index contributed by atoms with van der Waals surface area (Å²) in [4.78, 5) is 41.3. The Balaban J connectivity index is 1.74. The Morgan fingerprint density at radius 2 is 1.67 bits per heavy atom. The number of hydrogen-bond acceptors (Lipinski definition) is 11. The van der Waals surface area contributed by atoms with Gasteiger partial charge in [-0.1, -0.05) is 12.1 Å². The summed E-state index contributed by atoms with van der Waals surface area (Å²) in [7, 11) is 7.32. The molecule has 3 aliphatic rings. The summed E-state index contributed by atoms with van der Waals surface area (Å²) in [5, 5.41) is 0. The lowest BCUT2D eigenvalue weighted by molar-refractivity contribution is -0.251. The molecule has 1 heterocycles. The molecule has 1 fully saturated rings. The highest BCUT2D eigenvalue weighted by Gasteiger charge is 2.51. The minimum atomic E-state index is -1.30. The number of benzene rings is 2. The zero-order valence-electron chi connectivity index (χ0n) is 24.9. The van der Waals surface area contributed by atoms with Crippen LogP contribution in [0.2, 0.25) is 0 Å². The quantitative estimate of drug-likeness (QED) is 0.418. The molecule has 42 heavy (non-hydrogen) atoms. The van der Waals surface area contributed by atoms with Crippen molar-refractivity contribution in [2.24, 2.45) is 5.73 Å². The lowest BCUT2D eigenvalue weighted by atomic mass is 9.71. The van der Waals surface area contributed by atoms with Crippen molar-refractivity contribution >= 4 is 17.3 Å². The van der Waals surface area contributed by atoms with Gasteiger partial charge in [-0.3, -0.25) is 14.4 Å². The fourth-order valence-corrected chi connectivity index (χ4v) is 6.70. The maximum Gasteiger partial charge on any atom is 0.202 e. The van der Waals surface area contributed by atoms with Gasteiger partial charge in [-0.25, -0.2) is 0 Å². The van der Waals surface area contributed by atoms with Crippen molar-refractivity contribution in [1.82, 2.24) is 0 Å². The molecule has 6 atom stereocenters. The first-order valence-corrected chi connectivity index (χ1v) is 13.8. The van der Waals surface area contributed by atoms with Gasteiger partial charge < -0.3 is 38.9 Å². The number of Topliss-reactive ketones (excluding diaryl/α,β-unsaturated/α-hetero) is 1. The molecule has 2 aliphatic carbocycles. The predicted molar refractivity (Wildman–Crippen MR) is 150 cm³/mol. The Kier molecular flexibility index (Phi) is 8.16. The molecule has 0 radical (unpaired) electrons. The van der Waals surface area contributed by atoms with E-state index in [1.807, 2.05) is 6.92 Å². The van der Waals surface area contributed by atoms with Crippen LogP contribution in [-0.2, 0) is 30.2 Å². The van der Waals surface area contributed by atoms with Gasteiger partial charge in [0.1, 0.15) is 22.8 Å². The molecule has 0 bridgehead atoms. The lowest BCUT2D eigenvalue weighted by Crippen LogP contribution is -2.53. The summed E-state index contributed by atoms with van der Waals surface area (Å²) in [5.41, 5.74) is 6.49. The second-order valence-electron chi connectivity index (χ2n) is 10.9. The van der Waals surface area contributed by atoms with Crippen LogP contribution in [0, 0.1) is 0 Å². The van der Waals surface area contributed by atoms with Gasteiger partial charge in [0, 0.05) is 56.2 Å². The second kappa shape index (κ2) is 11.4. The van der Waals surface area contributed by atoms with Crippen LogP contribution in [0.25, 0.3) is 0 Å². The van der Waals surface area contributed by atoms with Crippen molar-refractivity contribution < 1.29 is 47.5 Å². The normalized spacial score (nSPS) is 28.4. The maximum absolute atomic E-state index is 14.2. The van der Waals surface area contributed by atoms with Crippen LogP contribution in [0.5, 0.6) is 17.2 Å². The van der Waals surface area contributed by atoms with E-state index in [1.165, 1.54) is 35.4 Å². The summed E-state index contributed by atoms with van der Waals surface area (Å²) in [5.74, 6) is -0.504. The van der Waals surface area contributed by atoms with Gasteiger partial charge in [0.05, 0.1) is 56.3 Å². The summed E-state index contributed by atoms with van der Waals surface area (Å²) in [6, 6.07) is 4.48. The average molecular weight is 584 g/mol. The van der Waals surface area contributed by atoms with E-state index in [0.717, 1.165) is 0 Å². The van der Waals surface area contributed by atoms with Crippen molar-refractivity contribution in [2.75, 3.05) is 35.5 Å². The van der Waals surface area contributed by atoms with E-state index in [2.05, 4.69) is 0 Å². The summed E-state index contributed by atoms with van der Waals surface area (Å²) < 4.78 is 41.3. The third-order valence-corrected chi connectivity index (χ3v) is 8.76. The number of rotatable bonds is 8. The first kappa shape index (κ1) is 30.1. The van der Waals surface area contributed by atoms with Crippen LogP contribution in [0.3, 0.4) is 0 Å². The molecule has 11 nitrogen and oxygen atoms in total. The number of ketones is 3. The maximum atomic E-state index is 14.2. The van der Waals surface area contributed by atoms with E-state index in [0.29, 0.717) is 17.5 Å². The number of nitrogens with two attached hydrogens (primary N) is 1. The van der Waals surface area contributed by atoms with Gasteiger partial charge >= 0.3 is 0 Å². The van der Waals surface area contributed by atoms with Crippen molar-refractivity contribution in [3.8, 4) is 17.2 Å². The SMILES string of the molecule is COc1cccc2c1C(=O)c1c(OC)c3c(c(OC)c1C2=O)C[C@@](OC)(C(C)=O)C[C@H]3OC1C[C@@H](N)[C@@H](OC)[C@H](C)O1. The largest absolute Gasteiger partial charge is 0.496 e. The summed E-state index contributed by atoms with van der Waals surface area (Å²) >= 11 is 0. The van der Waals surface area contributed by atoms with Crippen LogP contribution < -0.4 is 19.9 Å². The average Bonchev–Trinajstić information content (AvgIpc) is 2.97. The van der Waals surface area contributed by atoms with Crippen LogP contribution in [0.4, 0.5) is 0 Å². The molecule has 1 aliphatic heterocycles. The predicted octanol–water partition coefficient (Wildman–Crippen LogP) is 2.94. The van der Waals surface area contributed by atoms with Gasteiger partial charge in [-0.2, -0.15) is 0 Å². The van der Waals surface area contributed by atoms with Crippen LogP contribution in [0.1, 0.15) is 75.8 Å². The Morgan fingerprint density at radius 1 is 0.976 bits per heavy atom. The van der Waals surface area contributed by atoms with Crippen LogP contribution in [-0.4, -0.2) is 83.0 Å². The summed E-state index contributed by atoms with van der Waals surface area (Å²) in [6.45, 7) is 3.30. The van der Waals surface area contributed by atoms with Crippen LogP contribution >= 0.6 is 0 Å². The van der Waals surface area contributed by atoms with Crippen molar-refractivity contribution in [3.05, 3.63) is 51.6 Å². The fourth-order valence-electron chi connectivity index (χ4n) is 6.70. The zero-order valence-corrected chi connectivity index (χ0v) is 24.9. The second-order valence-corrected chi connectivity index (χ2v) is 10.9. The monoisotopic (exact) mass is 583 g/mol. The van der Waals surface area contributed by atoms with Crippen molar-refractivity contribution in [1.29, 1.82) is 0 Å². The smallest absolute Gasteiger partial charge is 0.202 e. The molecule has 5 rings (SSSR count). The minimum absolute atomic E-state index is 0.0468. The third-order valence-electron chi connectivity index (χ3n) is 8.76. The topological polar surface area (TPSA) is 142 Å². The molecule has 2 N–H and O–H groups in total. The highest BCUT2D eigenvalue weighted by Crippen LogP contribution is 2.53. The van der Waals surface area contributed by atoms with E-state index in [4.69, 9.17) is 38.9 Å². The molecular weight excluding hydrogens is 546 g/mol. The molecule has 1 saturated heterocycles. The number of methoxy groups -OCH3 is 5. The highest BCUT2D eigenvalue weighted by atomic mass is 16.7. The molecule has 0 saturated carbocycles. The van der Waals surface area contributed by atoms with Gasteiger partial charge in [0.2, 0.25) is 5.78 Å². The number of carbonyl (C=O) groups excluding carboxylic acids is 3. The molecule has 226 valence electrons. The third kappa shape index (κ3) is 4.51. The zero-order chi connectivity index (χ0) is 30.5. The Morgan fingerprint density at radius 3 is 2.24 bits per heavy atom. The Hall–Kier alpha value is -3.35. The molecule has 2 aromatic rings. The first-order chi connectivity index (χ1) is 20.1. The van der Waals surface area contributed by atoms with Gasteiger partial charge in [-0.15, -0.1) is 0 Å². The van der Waals surface area contributed by atoms with Gasteiger partial charge in [-0.05, 0) is 19.9 Å². The number of fused-ring (bicyclic) bond motifs is 3. The molecule has 11 heteroatoms. The molecule has 0 amide bonds. The van der Waals surface area contributed by atoms with E-state index in [9.17, 15) is 14.4 Å². The highest BCUT2D eigenvalue weighted by molar-refractivity contribution is 6.31. The number of hydrogen-bond donors (Lipinski definition) is 1. The van der Waals surface area contributed by atoms with Crippen molar-refractivity contribution in [2.45, 2.75) is 69.4 Å². The molecule has 0 spiro atoms. The molecule has 2 aromatic carbocycles. The van der Waals surface area contributed by atoms with E-state index >= 15 is 0 Å². The summed E-state index contributed by atoms with van der Waals surface area (Å²) in [6.07, 6.45) is -1.81. The first-order valence-electron chi connectivity index (χ1n) is 13.8. The number of carbonyl (C=O) groups is 3.